The molecule has 0 spiro atoms. The van der Waals surface area contributed by atoms with Crippen LogP contribution in [0, 0.1) is 0 Å². The highest BCUT2D eigenvalue weighted by Crippen LogP contribution is 2.30. The van der Waals surface area contributed by atoms with E-state index in [4.69, 9.17) is 4.74 Å². The van der Waals surface area contributed by atoms with Gasteiger partial charge in [-0.2, -0.15) is 9.67 Å². The molecule has 1 aromatic heterocycles. The lowest BCUT2D eigenvalue weighted by Gasteiger charge is -2.07. The second-order valence-electron chi connectivity index (χ2n) is 3.98. The van der Waals surface area contributed by atoms with Crippen LogP contribution in [0.5, 0.6) is 11.8 Å². The molecule has 3 rings (SSSR count). The molecule has 0 radical (unpaired) electrons. The first kappa shape index (κ1) is 12.7. The average molecular weight is 279 g/mol. The number of isocyanates is 1. The van der Waals surface area contributed by atoms with Crippen LogP contribution in [-0.2, 0) is 4.79 Å². The summed E-state index contributed by atoms with van der Waals surface area (Å²) in [5.74, 6) is 0.368. The molecule has 7 nitrogen and oxygen atoms in total. The minimum Gasteiger partial charge on any atom is -0.421 e. The highest BCUT2D eigenvalue weighted by Gasteiger charge is 2.12. The van der Waals surface area contributed by atoms with Crippen molar-refractivity contribution in [3.8, 4) is 17.4 Å². The Bertz CT molecular complexity index is 794. The predicted molar refractivity (Wildman–Crippen MR) is 73.5 cm³/mol. The maximum Gasteiger partial charge on any atom is 0.345 e. The molecule has 0 saturated heterocycles. The molecule has 0 bridgehead atoms. The van der Waals surface area contributed by atoms with Gasteiger partial charge in [-0.3, -0.25) is 0 Å². The molecule has 0 atom stereocenters. The number of hydrogen-bond acceptors (Lipinski definition) is 6. The van der Waals surface area contributed by atoms with Crippen LogP contribution >= 0.6 is 0 Å². The van der Waals surface area contributed by atoms with Crippen LogP contribution < -0.4 is 4.74 Å². The highest BCUT2D eigenvalue weighted by molar-refractivity contribution is 5.58. The Morgan fingerprint density at radius 2 is 1.81 bits per heavy atom. The summed E-state index contributed by atoms with van der Waals surface area (Å²) >= 11 is 0. The zero-order chi connectivity index (χ0) is 14.5. The first-order valence-electron chi connectivity index (χ1n) is 6.07. The van der Waals surface area contributed by atoms with E-state index < -0.39 is 0 Å². The minimum atomic E-state index is 0.176. The third-order valence-electron chi connectivity index (χ3n) is 2.67. The second kappa shape index (κ2) is 5.77. The molecule has 0 aliphatic carbocycles. The molecule has 0 unspecified atom stereocenters. The summed E-state index contributed by atoms with van der Waals surface area (Å²) in [5, 5.41) is 11.3. The van der Waals surface area contributed by atoms with Crippen LogP contribution in [-0.4, -0.2) is 26.3 Å². The van der Waals surface area contributed by atoms with Crippen molar-refractivity contribution < 1.29 is 9.53 Å². The first-order chi connectivity index (χ1) is 10.4. The number of para-hydroxylation sites is 3. The van der Waals surface area contributed by atoms with E-state index in [0.717, 1.165) is 5.69 Å². The monoisotopic (exact) mass is 279 g/mol. The summed E-state index contributed by atoms with van der Waals surface area (Å²) in [5.41, 5.74) is 1.11. The Kier molecular flexibility index (Phi) is 3.49. The van der Waals surface area contributed by atoms with E-state index in [0.29, 0.717) is 11.4 Å². The van der Waals surface area contributed by atoms with Gasteiger partial charge in [0.25, 0.3) is 0 Å². The van der Waals surface area contributed by atoms with Crippen molar-refractivity contribution >= 4 is 11.8 Å². The van der Waals surface area contributed by atoms with Gasteiger partial charge >= 0.3 is 6.01 Å². The molecule has 0 aliphatic rings. The van der Waals surface area contributed by atoms with Crippen LogP contribution in [0.15, 0.2) is 59.6 Å². The Morgan fingerprint density at radius 1 is 1.05 bits per heavy atom. The van der Waals surface area contributed by atoms with Crippen LogP contribution in [0.4, 0.5) is 5.69 Å². The molecule has 0 N–H and O–H groups in total. The van der Waals surface area contributed by atoms with Gasteiger partial charge in [-0.15, -0.1) is 0 Å². The van der Waals surface area contributed by atoms with Gasteiger partial charge in [0, 0.05) is 0 Å². The molecular formula is C14H9N5O2. The standard InChI is InChI=1S/C14H9N5O2/c20-10-15-12-8-4-5-9-13(12)21-14-16-17-18-19(14)11-6-2-1-3-7-11/h1-9H. The van der Waals surface area contributed by atoms with Gasteiger partial charge in [-0.25, -0.2) is 4.79 Å². The molecule has 7 heteroatoms. The number of tetrazole rings is 1. The van der Waals surface area contributed by atoms with Crippen molar-refractivity contribution in [2.45, 2.75) is 0 Å². The van der Waals surface area contributed by atoms with Gasteiger partial charge in [-0.05, 0) is 34.7 Å². The normalized spacial score (nSPS) is 9.90. The molecule has 0 aliphatic heterocycles. The lowest BCUT2D eigenvalue weighted by Crippen LogP contribution is -2.00. The number of nitrogens with zero attached hydrogens (tertiary/aromatic N) is 5. The zero-order valence-electron chi connectivity index (χ0n) is 10.7. The second-order valence-corrected chi connectivity index (χ2v) is 3.98. The van der Waals surface area contributed by atoms with Gasteiger partial charge in [0.2, 0.25) is 6.08 Å². The fourth-order valence-electron chi connectivity index (χ4n) is 1.76. The van der Waals surface area contributed by atoms with Crippen LogP contribution in [0.3, 0.4) is 0 Å². The number of benzene rings is 2. The zero-order valence-corrected chi connectivity index (χ0v) is 10.7. The molecule has 2 aromatic carbocycles. The van der Waals surface area contributed by atoms with E-state index in [1.54, 1.807) is 24.3 Å². The third kappa shape index (κ3) is 2.68. The lowest BCUT2D eigenvalue weighted by atomic mass is 10.3. The predicted octanol–water partition coefficient (Wildman–Crippen LogP) is 2.42. The van der Waals surface area contributed by atoms with Crippen molar-refractivity contribution in [3.63, 3.8) is 0 Å². The Morgan fingerprint density at radius 3 is 2.62 bits per heavy atom. The molecule has 3 aromatic rings. The molecule has 21 heavy (non-hydrogen) atoms. The number of aromatic nitrogens is 4. The maximum atomic E-state index is 10.4. The van der Waals surface area contributed by atoms with E-state index in [-0.39, 0.29) is 6.01 Å². The van der Waals surface area contributed by atoms with E-state index >= 15 is 0 Å². The Labute approximate surface area is 119 Å². The van der Waals surface area contributed by atoms with E-state index in [2.05, 4.69) is 20.5 Å². The Hall–Kier alpha value is -3.31. The fraction of sp³-hybridized carbons (Fsp3) is 0. The molecular weight excluding hydrogens is 270 g/mol. The molecule has 0 saturated carbocycles. The van der Waals surface area contributed by atoms with Crippen molar-refractivity contribution in [3.05, 3.63) is 54.6 Å². The maximum absolute atomic E-state index is 10.4. The number of hydrogen-bond donors (Lipinski definition) is 0. The number of aliphatic imine (C=N–C) groups is 1. The summed E-state index contributed by atoms with van der Waals surface area (Å²) < 4.78 is 7.09. The van der Waals surface area contributed by atoms with Gasteiger partial charge < -0.3 is 4.74 Å². The van der Waals surface area contributed by atoms with Crippen molar-refractivity contribution in [2.75, 3.05) is 0 Å². The number of carbonyl (C=O) groups excluding carboxylic acids is 1. The van der Waals surface area contributed by atoms with Crippen molar-refractivity contribution in [2.24, 2.45) is 4.99 Å². The van der Waals surface area contributed by atoms with Gasteiger partial charge in [0.05, 0.1) is 5.69 Å². The lowest BCUT2D eigenvalue weighted by molar-refractivity contribution is 0.428. The van der Waals surface area contributed by atoms with Crippen LogP contribution in [0.1, 0.15) is 0 Å². The van der Waals surface area contributed by atoms with Gasteiger partial charge in [-0.1, -0.05) is 35.4 Å². The third-order valence-corrected chi connectivity index (χ3v) is 2.67. The van der Waals surface area contributed by atoms with Gasteiger partial charge in [0.15, 0.2) is 5.75 Å². The largest absolute Gasteiger partial charge is 0.421 e. The first-order valence-corrected chi connectivity index (χ1v) is 6.07. The summed E-state index contributed by atoms with van der Waals surface area (Å²) in [6.45, 7) is 0. The van der Waals surface area contributed by atoms with Crippen LogP contribution in [0.25, 0.3) is 5.69 Å². The van der Waals surface area contributed by atoms with Gasteiger partial charge in [0.1, 0.15) is 5.69 Å². The highest BCUT2D eigenvalue weighted by atomic mass is 16.5. The topological polar surface area (TPSA) is 82.3 Å². The van der Waals surface area contributed by atoms with E-state index in [1.165, 1.54) is 10.8 Å². The van der Waals surface area contributed by atoms with Crippen LogP contribution in [0.2, 0.25) is 0 Å². The molecule has 1 heterocycles. The number of ether oxygens (including phenoxy) is 1. The van der Waals surface area contributed by atoms with E-state index in [1.807, 2.05) is 30.3 Å². The smallest absolute Gasteiger partial charge is 0.345 e. The summed E-state index contributed by atoms with van der Waals surface area (Å²) in [6.07, 6.45) is 1.49. The summed E-state index contributed by atoms with van der Waals surface area (Å²) in [7, 11) is 0. The van der Waals surface area contributed by atoms with Crippen molar-refractivity contribution in [1.29, 1.82) is 0 Å². The fourth-order valence-corrected chi connectivity index (χ4v) is 1.76. The molecule has 102 valence electrons. The SMILES string of the molecule is O=C=Nc1ccccc1Oc1nnnn1-c1ccccc1. The molecule has 0 fully saturated rings. The summed E-state index contributed by atoms with van der Waals surface area (Å²) in [4.78, 5) is 14.0. The average Bonchev–Trinajstić information content (AvgIpc) is 2.99. The summed E-state index contributed by atoms with van der Waals surface area (Å²) in [6, 6.07) is 16.3. The molecule has 0 amide bonds. The van der Waals surface area contributed by atoms with Crippen molar-refractivity contribution in [1.82, 2.24) is 20.2 Å². The number of rotatable bonds is 4. The minimum absolute atomic E-state index is 0.176. The van der Waals surface area contributed by atoms with E-state index in [9.17, 15) is 4.79 Å². The quantitative estimate of drug-likeness (QED) is 0.541. The Balaban J connectivity index is 1.97.